The van der Waals surface area contributed by atoms with E-state index in [4.69, 9.17) is 11.6 Å². The molecule has 30 heavy (non-hydrogen) atoms. The van der Waals surface area contributed by atoms with E-state index in [0.29, 0.717) is 30.4 Å². The number of benzene rings is 3. The van der Waals surface area contributed by atoms with Crippen LogP contribution in [0.1, 0.15) is 32.7 Å². The zero-order valence-electron chi connectivity index (χ0n) is 16.7. The molecule has 5 heteroatoms. The molecule has 0 saturated heterocycles. The number of nitrogens with zero attached hydrogens (tertiary/aromatic N) is 1. The number of aromatic carboxylic acids is 1. The Hall–Kier alpha value is -3.08. The van der Waals surface area contributed by atoms with Crippen molar-refractivity contribution in [2.24, 2.45) is 0 Å². The van der Waals surface area contributed by atoms with Gasteiger partial charge in [-0.2, -0.15) is 0 Å². The number of aryl methyl sites for hydroxylation is 1. The van der Waals surface area contributed by atoms with E-state index in [9.17, 15) is 9.90 Å². The maximum Gasteiger partial charge on any atom is 0.352 e. The molecule has 0 radical (unpaired) electrons. The molecule has 1 heterocycles. The first-order chi connectivity index (χ1) is 14.5. The topological polar surface area (TPSA) is 54.3 Å². The van der Waals surface area contributed by atoms with Gasteiger partial charge in [-0.3, -0.25) is 0 Å². The van der Waals surface area contributed by atoms with Crippen molar-refractivity contribution in [1.82, 2.24) is 9.88 Å². The molecule has 0 aliphatic rings. The van der Waals surface area contributed by atoms with Gasteiger partial charge in [0.05, 0.1) is 0 Å². The monoisotopic (exact) mass is 418 g/mol. The molecule has 1 aromatic heterocycles. The molecule has 2 N–H and O–H groups in total. The quantitative estimate of drug-likeness (QED) is 0.408. The average Bonchev–Trinajstić information content (AvgIpc) is 3.02. The Kier molecular flexibility index (Phi) is 5.88. The van der Waals surface area contributed by atoms with Crippen molar-refractivity contribution in [2.75, 3.05) is 0 Å². The number of rotatable bonds is 7. The second kappa shape index (κ2) is 8.74. The van der Waals surface area contributed by atoms with E-state index in [0.717, 1.165) is 33.2 Å². The minimum Gasteiger partial charge on any atom is -0.477 e. The van der Waals surface area contributed by atoms with Gasteiger partial charge in [-0.1, -0.05) is 66.2 Å². The molecule has 0 bridgehead atoms. The van der Waals surface area contributed by atoms with Crippen molar-refractivity contribution in [2.45, 2.75) is 26.6 Å². The maximum atomic E-state index is 12.3. The molecule has 3 aromatic carbocycles. The van der Waals surface area contributed by atoms with E-state index in [1.807, 2.05) is 78.2 Å². The molecular weight excluding hydrogens is 396 g/mol. The fourth-order valence-corrected chi connectivity index (χ4v) is 4.08. The number of halogens is 1. The van der Waals surface area contributed by atoms with Crippen molar-refractivity contribution in [1.29, 1.82) is 0 Å². The molecule has 0 atom stereocenters. The molecule has 4 nitrogen and oxygen atoms in total. The van der Waals surface area contributed by atoms with E-state index in [-0.39, 0.29) is 0 Å². The Labute approximate surface area is 180 Å². The molecule has 0 unspecified atom stereocenters. The van der Waals surface area contributed by atoms with E-state index in [1.54, 1.807) is 0 Å². The fraction of sp³-hybridized carbons (Fsp3) is 0.160. The van der Waals surface area contributed by atoms with Gasteiger partial charge in [0.15, 0.2) is 0 Å². The third-order valence-electron chi connectivity index (χ3n) is 5.23. The zero-order chi connectivity index (χ0) is 21.1. The number of nitrogens with one attached hydrogen (secondary N) is 1. The van der Waals surface area contributed by atoms with Gasteiger partial charge in [0, 0.05) is 41.1 Å². The number of carboxylic acids is 1. The standard InChI is InChI=1S/C25H23ClN2O2/c1-17-10-11-21-22(15-27-14-19-8-5-9-20(26)13-19)24(25(29)30)28(23(21)12-17)16-18-6-3-2-4-7-18/h2-13,27H,14-16H2,1H3,(H,29,30). The van der Waals surface area contributed by atoms with E-state index in [1.165, 1.54) is 0 Å². The predicted molar refractivity (Wildman–Crippen MR) is 121 cm³/mol. The Morgan fingerprint density at radius 3 is 2.47 bits per heavy atom. The smallest absolute Gasteiger partial charge is 0.352 e. The number of hydrogen-bond acceptors (Lipinski definition) is 2. The Morgan fingerprint density at radius 2 is 1.73 bits per heavy atom. The van der Waals surface area contributed by atoms with Crippen molar-refractivity contribution in [3.63, 3.8) is 0 Å². The molecule has 0 saturated carbocycles. The first-order valence-electron chi connectivity index (χ1n) is 9.87. The summed E-state index contributed by atoms with van der Waals surface area (Å²) in [6, 6.07) is 23.7. The Balaban J connectivity index is 1.72. The summed E-state index contributed by atoms with van der Waals surface area (Å²) < 4.78 is 1.91. The Bertz CT molecular complexity index is 1200. The lowest BCUT2D eigenvalue weighted by molar-refractivity contribution is 0.0685. The summed E-state index contributed by atoms with van der Waals surface area (Å²) in [5.74, 6) is -0.917. The van der Waals surface area contributed by atoms with Crippen molar-refractivity contribution in [3.8, 4) is 0 Å². The SMILES string of the molecule is Cc1ccc2c(CNCc3cccc(Cl)c3)c(C(=O)O)n(Cc3ccccc3)c2c1. The van der Waals surface area contributed by atoms with Crippen molar-refractivity contribution in [3.05, 3.63) is 106 Å². The highest BCUT2D eigenvalue weighted by atomic mass is 35.5. The minimum atomic E-state index is -0.917. The first kappa shape index (κ1) is 20.2. The van der Waals surface area contributed by atoms with Crippen LogP contribution in [0.15, 0.2) is 72.8 Å². The highest BCUT2D eigenvalue weighted by molar-refractivity contribution is 6.30. The van der Waals surface area contributed by atoms with Crippen LogP contribution in [0.25, 0.3) is 10.9 Å². The number of carbonyl (C=O) groups is 1. The van der Waals surface area contributed by atoms with Gasteiger partial charge >= 0.3 is 5.97 Å². The molecule has 4 aromatic rings. The van der Waals surface area contributed by atoms with Gasteiger partial charge in [0.1, 0.15) is 5.69 Å². The van der Waals surface area contributed by atoms with Crippen LogP contribution in [0.2, 0.25) is 5.02 Å². The molecule has 0 aliphatic carbocycles. The van der Waals surface area contributed by atoms with Crippen LogP contribution in [0.3, 0.4) is 0 Å². The van der Waals surface area contributed by atoms with Gasteiger partial charge in [-0.05, 0) is 41.8 Å². The van der Waals surface area contributed by atoms with Crippen LogP contribution in [0.4, 0.5) is 0 Å². The molecule has 0 spiro atoms. The summed E-state index contributed by atoms with van der Waals surface area (Å²) in [5.41, 5.74) is 5.30. The number of hydrogen-bond donors (Lipinski definition) is 2. The summed E-state index contributed by atoms with van der Waals surface area (Å²) in [4.78, 5) is 12.3. The van der Waals surface area contributed by atoms with Gasteiger partial charge in [-0.15, -0.1) is 0 Å². The summed E-state index contributed by atoms with van der Waals surface area (Å²) in [5, 5.41) is 15.1. The second-order valence-electron chi connectivity index (χ2n) is 7.46. The summed E-state index contributed by atoms with van der Waals surface area (Å²) >= 11 is 6.07. The predicted octanol–water partition coefficient (Wildman–Crippen LogP) is 5.64. The van der Waals surface area contributed by atoms with Gasteiger partial charge in [0.25, 0.3) is 0 Å². The number of carboxylic acid groups (broad SMARTS) is 1. The third-order valence-corrected chi connectivity index (χ3v) is 5.47. The summed E-state index contributed by atoms with van der Waals surface area (Å²) in [7, 11) is 0. The van der Waals surface area contributed by atoms with Crippen LogP contribution in [-0.2, 0) is 19.6 Å². The van der Waals surface area contributed by atoms with E-state index in [2.05, 4.69) is 11.4 Å². The lowest BCUT2D eigenvalue weighted by Crippen LogP contribution is -2.17. The average molecular weight is 419 g/mol. The largest absolute Gasteiger partial charge is 0.477 e. The van der Waals surface area contributed by atoms with Crippen molar-refractivity contribution < 1.29 is 9.90 Å². The lowest BCUT2D eigenvalue weighted by atomic mass is 10.1. The number of fused-ring (bicyclic) bond motifs is 1. The third kappa shape index (κ3) is 4.25. The molecule has 0 aliphatic heterocycles. The molecule has 152 valence electrons. The van der Waals surface area contributed by atoms with Gasteiger partial charge < -0.3 is 15.0 Å². The molecule has 0 fully saturated rings. The number of aromatic nitrogens is 1. The van der Waals surface area contributed by atoms with Gasteiger partial charge in [-0.25, -0.2) is 4.79 Å². The molecular formula is C25H23ClN2O2. The van der Waals surface area contributed by atoms with Crippen LogP contribution >= 0.6 is 11.6 Å². The van der Waals surface area contributed by atoms with Crippen LogP contribution in [-0.4, -0.2) is 15.6 Å². The highest BCUT2D eigenvalue weighted by Gasteiger charge is 2.22. The van der Waals surface area contributed by atoms with Crippen LogP contribution < -0.4 is 5.32 Å². The highest BCUT2D eigenvalue weighted by Crippen LogP contribution is 2.29. The maximum absolute atomic E-state index is 12.3. The Morgan fingerprint density at radius 1 is 0.967 bits per heavy atom. The molecule has 4 rings (SSSR count). The van der Waals surface area contributed by atoms with Crippen LogP contribution in [0.5, 0.6) is 0 Å². The lowest BCUT2D eigenvalue weighted by Gasteiger charge is -2.10. The van der Waals surface area contributed by atoms with E-state index < -0.39 is 5.97 Å². The van der Waals surface area contributed by atoms with Crippen molar-refractivity contribution >= 4 is 28.5 Å². The summed E-state index contributed by atoms with van der Waals surface area (Å²) in [6.07, 6.45) is 0. The van der Waals surface area contributed by atoms with Gasteiger partial charge in [0.2, 0.25) is 0 Å². The molecule has 0 amide bonds. The first-order valence-corrected chi connectivity index (χ1v) is 10.2. The zero-order valence-corrected chi connectivity index (χ0v) is 17.5. The minimum absolute atomic E-state index is 0.332. The fourth-order valence-electron chi connectivity index (χ4n) is 3.86. The second-order valence-corrected chi connectivity index (χ2v) is 7.89. The normalized spacial score (nSPS) is 11.1. The van der Waals surface area contributed by atoms with E-state index >= 15 is 0 Å². The summed E-state index contributed by atoms with van der Waals surface area (Å²) in [6.45, 7) is 3.60. The van der Waals surface area contributed by atoms with Crippen LogP contribution in [0, 0.1) is 6.92 Å².